The van der Waals surface area contributed by atoms with Gasteiger partial charge in [0.1, 0.15) is 18.1 Å². The molecule has 0 radical (unpaired) electrons. The second-order valence-electron chi connectivity index (χ2n) is 7.75. The Morgan fingerprint density at radius 1 is 1.13 bits per heavy atom. The molecule has 1 amide bonds. The van der Waals surface area contributed by atoms with Crippen molar-refractivity contribution < 1.29 is 9.53 Å². The molecule has 0 saturated carbocycles. The molecule has 31 heavy (non-hydrogen) atoms. The number of hydrogen-bond acceptors (Lipinski definition) is 5. The highest BCUT2D eigenvalue weighted by Crippen LogP contribution is 2.47. The highest BCUT2D eigenvalue weighted by molar-refractivity contribution is 14.1. The second-order valence-corrected chi connectivity index (χ2v) is 9.84. The van der Waals surface area contributed by atoms with Crippen LogP contribution >= 0.6 is 45.8 Å². The Kier molecular flexibility index (Phi) is 5.70. The van der Waals surface area contributed by atoms with Crippen LogP contribution in [0.3, 0.4) is 0 Å². The number of ether oxygens (including phenoxy) is 1. The molecule has 1 N–H and O–H groups in total. The predicted octanol–water partition coefficient (Wildman–Crippen LogP) is 5.99. The summed E-state index contributed by atoms with van der Waals surface area (Å²) in [6.07, 6.45) is 3.15. The van der Waals surface area contributed by atoms with E-state index >= 15 is 0 Å². The van der Waals surface area contributed by atoms with Crippen molar-refractivity contribution in [1.82, 2.24) is 4.90 Å². The Labute approximate surface area is 203 Å². The van der Waals surface area contributed by atoms with Crippen molar-refractivity contribution >= 4 is 63.1 Å². The minimum Gasteiger partial charge on any atom is -0.488 e. The van der Waals surface area contributed by atoms with Crippen molar-refractivity contribution in [3.8, 4) is 5.75 Å². The maximum atomic E-state index is 13.8. The summed E-state index contributed by atoms with van der Waals surface area (Å²) in [4.78, 5) is 15.9. The Hall–Kier alpha value is -1.68. The first-order valence-electron chi connectivity index (χ1n) is 10.1. The van der Waals surface area contributed by atoms with Gasteiger partial charge in [-0.15, -0.1) is 0 Å². The number of likely N-dealkylation sites (tertiary alicyclic amines) is 1. The van der Waals surface area contributed by atoms with E-state index in [9.17, 15) is 4.79 Å². The van der Waals surface area contributed by atoms with Gasteiger partial charge < -0.3 is 10.1 Å². The first kappa shape index (κ1) is 21.2. The van der Waals surface area contributed by atoms with Crippen molar-refractivity contribution in [2.24, 2.45) is 10.2 Å². The van der Waals surface area contributed by atoms with Crippen LogP contribution in [0.2, 0.25) is 10.0 Å². The predicted molar refractivity (Wildman–Crippen MR) is 130 cm³/mol. The number of hydrogen-bond donors (Lipinski definition) is 1. The number of nitrogens with one attached hydrogen (secondary N) is 1. The molecule has 6 nitrogen and oxygen atoms in total. The number of halogens is 3. The van der Waals surface area contributed by atoms with Gasteiger partial charge in [0, 0.05) is 32.8 Å². The smallest absolute Gasteiger partial charge is 0.274 e. The second kappa shape index (κ2) is 8.35. The molecule has 0 bridgehead atoms. The van der Waals surface area contributed by atoms with Gasteiger partial charge in [0.05, 0.1) is 10.7 Å². The molecule has 1 fully saturated rings. The number of carbonyl (C=O) groups excluding carboxylic acids is 1. The van der Waals surface area contributed by atoms with Crippen LogP contribution < -0.4 is 10.1 Å². The molecule has 1 atom stereocenters. The van der Waals surface area contributed by atoms with Crippen LogP contribution in [0.5, 0.6) is 5.75 Å². The van der Waals surface area contributed by atoms with E-state index in [1.54, 1.807) is 18.2 Å². The third-order valence-electron chi connectivity index (χ3n) is 5.88. The van der Waals surface area contributed by atoms with Gasteiger partial charge in [0.25, 0.3) is 5.91 Å². The van der Waals surface area contributed by atoms with E-state index in [1.807, 2.05) is 18.2 Å². The fourth-order valence-electron chi connectivity index (χ4n) is 4.35. The van der Waals surface area contributed by atoms with E-state index in [4.69, 9.17) is 27.9 Å². The van der Waals surface area contributed by atoms with Gasteiger partial charge in [-0.25, -0.2) is 0 Å². The number of piperidine rings is 1. The topological polar surface area (TPSA) is 66.3 Å². The third kappa shape index (κ3) is 3.65. The van der Waals surface area contributed by atoms with Crippen LogP contribution in [0.4, 0.5) is 5.69 Å². The molecule has 5 rings (SSSR count). The number of fused-ring (bicyclic) bond motifs is 2. The van der Waals surface area contributed by atoms with Crippen LogP contribution in [-0.4, -0.2) is 36.2 Å². The van der Waals surface area contributed by atoms with Gasteiger partial charge in [0.15, 0.2) is 0 Å². The van der Waals surface area contributed by atoms with E-state index in [0.29, 0.717) is 15.7 Å². The molecule has 3 aliphatic heterocycles. The number of benzene rings is 2. The Bertz CT molecular complexity index is 1130. The molecule has 160 valence electrons. The number of amides is 1. The van der Waals surface area contributed by atoms with Crippen LogP contribution in [0.1, 0.15) is 24.8 Å². The average molecular weight is 569 g/mol. The molecule has 0 spiro atoms. The molecule has 2 aromatic carbocycles. The van der Waals surface area contributed by atoms with E-state index in [-0.39, 0.29) is 12.5 Å². The summed E-state index contributed by atoms with van der Waals surface area (Å²) >= 11 is 14.6. The Morgan fingerprint density at radius 2 is 1.94 bits per heavy atom. The zero-order chi connectivity index (χ0) is 21.6. The van der Waals surface area contributed by atoms with Crippen LogP contribution in [0.15, 0.2) is 52.2 Å². The molecule has 1 saturated heterocycles. The van der Waals surface area contributed by atoms with E-state index in [0.717, 1.165) is 58.5 Å². The summed E-state index contributed by atoms with van der Waals surface area (Å²) in [5.41, 5.74) is 1.59. The standard InChI is InChI=1S/C22H19Cl2IN4O2/c23-13-4-7-18(17(24)10-13)26-21(30)22(29-8-2-1-3-9-29)16-12-31-19-11-14(25)5-6-15(19)20(16)27-28-22/h4-7,10-11H,1-3,8-9,12H2,(H,26,30). The van der Waals surface area contributed by atoms with Crippen molar-refractivity contribution in [3.63, 3.8) is 0 Å². The SMILES string of the molecule is O=C(Nc1ccc(Cl)cc1Cl)C1(N2CCCCC2)N=NC2=C1COc1cc(I)ccc12. The lowest BCUT2D eigenvalue weighted by Gasteiger charge is -2.40. The zero-order valence-corrected chi connectivity index (χ0v) is 20.2. The number of rotatable bonds is 3. The quantitative estimate of drug-likeness (QED) is 0.463. The molecule has 3 aliphatic rings. The number of nitrogens with zero attached hydrogens (tertiary/aromatic N) is 3. The van der Waals surface area contributed by atoms with E-state index in [2.05, 4.69) is 43.0 Å². The molecular formula is C22H19Cl2IN4O2. The maximum Gasteiger partial charge on any atom is 0.274 e. The van der Waals surface area contributed by atoms with Gasteiger partial charge in [-0.3, -0.25) is 9.69 Å². The average Bonchev–Trinajstić information content (AvgIpc) is 3.17. The molecule has 0 aliphatic carbocycles. The monoisotopic (exact) mass is 568 g/mol. The lowest BCUT2D eigenvalue weighted by molar-refractivity contribution is -0.126. The maximum absolute atomic E-state index is 13.8. The number of carbonyl (C=O) groups is 1. The first-order valence-corrected chi connectivity index (χ1v) is 11.9. The van der Waals surface area contributed by atoms with E-state index < -0.39 is 5.66 Å². The van der Waals surface area contributed by atoms with Crippen molar-refractivity contribution in [3.05, 3.63) is 61.2 Å². The summed E-state index contributed by atoms with van der Waals surface area (Å²) in [5.74, 6) is 0.477. The van der Waals surface area contributed by atoms with Gasteiger partial charge in [-0.05, 0) is 71.8 Å². The summed E-state index contributed by atoms with van der Waals surface area (Å²) in [5, 5.41) is 13.0. The normalized spacial score (nSPS) is 22.7. The summed E-state index contributed by atoms with van der Waals surface area (Å²) in [6, 6.07) is 11.0. The molecule has 3 heterocycles. The van der Waals surface area contributed by atoms with Crippen LogP contribution in [-0.2, 0) is 4.79 Å². The Balaban J connectivity index is 1.59. The summed E-state index contributed by atoms with van der Waals surface area (Å²) < 4.78 is 7.15. The van der Waals surface area contributed by atoms with Crippen molar-refractivity contribution in [1.29, 1.82) is 0 Å². The number of azo groups is 1. The lowest BCUT2D eigenvalue weighted by Crippen LogP contribution is -2.58. The van der Waals surface area contributed by atoms with Crippen LogP contribution in [0, 0.1) is 3.57 Å². The van der Waals surface area contributed by atoms with Crippen molar-refractivity contribution in [2.75, 3.05) is 25.0 Å². The molecule has 1 unspecified atom stereocenters. The minimum absolute atomic E-state index is 0.258. The number of anilines is 1. The van der Waals surface area contributed by atoms with E-state index in [1.165, 1.54) is 0 Å². The molecular weight excluding hydrogens is 550 g/mol. The van der Waals surface area contributed by atoms with Crippen molar-refractivity contribution in [2.45, 2.75) is 24.9 Å². The van der Waals surface area contributed by atoms with Gasteiger partial charge >= 0.3 is 0 Å². The van der Waals surface area contributed by atoms with Gasteiger partial charge in [0.2, 0.25) is 5.66 Å². The molecule has 0 aromatic heterocycles. The minimum atomic E-state index is -1.25. The fourth-order valence-corrected chi connectivity index (χ4v) is 5.27. The van der Waals surface area contributed by atoms with Gasteiger partial charge in [-0.1, -0.05) is 29.6 Å². The summed E-state index contributed by atoms with van der Waals surface area (Å²) in [7, 11) is 0. The fraction of sp³-hybridized carbons (Fsp3) is 0.318. The van der Waals surface area contributed by atoms with Crippen LogP contribution in [0.25, 0.3) is 5.70 Å². The molecule has 9 heteroatoms. The lowest BCUT2D eigenvalue weighted by atomic mass is 9.90. The first-order chi connectivity index (χ1) is 15.0. The largest absolute Gasteiger partial charge is 0.488 e. The third-order valence-corrected chi connectivity index (χ3v) is 7.10. The highest BCUT2D eigenvalue weighted by Gasteiger charge is 2.54. The molecule has 2 aromatic rings. The summed E-state index contributed by atoms with van der Waals surface area (Å²) in [6.45, 7) is 1.78. The highest BCUT2D eigenvalue weighted by atomic mass is 127. The van der Waals surface area contributed by atoms with Gasteiger partial charge in [-0.2, -0.15) is 10.2 Å². The zero-order valence-electron chi connectivity index (χ0n) is 16.5. The Morgan fingerprint density at radius 3 is 2.71 bits per heavy atom.